The van der Waals surface area contributed by atoms with Crippen molar-refractivity contribution in [2.24, 2.45) is 0 Å². The fourth-order valence-corrected chi connectivity index (χ4v) is 6.09. The fourth-order valence-electron chi connectivity index (χ4n) is 6.09. The molecule has 0 bridgehead atoms. The molecule has 42 heavy (non-hydrogen) atoms. The second kappa shape index (κ2) is 11.1. The van der Waals surface area contributed by atoms with E-state index in [1.807, 2.05) is 51.1 Å². The number of urea groups is 1. The first-order valence-electron chi connectivity index (χ1n) is 14.6. The Morgan fingerprint density at radius 2 is 1.76 bits per heavy atom. The number of rotatable bonds is 7. The predicted octanol–water partition coefficient (Wildman–Crippen LogP) is 3.85. The van der Waals surface area contributed by atoms with E-state index >= 15 is 0 Å². The summed E-state index contributed by atoms with van der Waals surface area (Å²) in [7, 11) is 1.55. The summed E-state index contributed by atoms with van der Waals surface area (Å²) in [4.78, 5) is 43.9. The number of hydrogen-bond acceptors (Lipinski definition) is 7. The smallest absolute Gasteiger partial charge is 0.338 e. The lowest BCUT2D eigenvalue weighted by atomic mass is 9.96. The molecule has 3 aromatic rings. The van der Waals surface area contributed by atoms with Crippen molar-refractivity contribution in [1.82, 2.24) is 19.3 Å². The van der Waals surface area contributed by atoms with Gasteiger partial charge in [0, 0.05) is 68.4 Å². The van der Waals surface area contributed by atoms with Gasteiger partial charge in [0.2, 0.25) is 0 Å². The number of hydrogen-bond donors (Lipinski definition) is 0. The van der Waals surface area contributed by atoms with Gasteiger partial charge in [-0.2, -0.15) is 0 Å². The molecule has 0 spiro atoms. The maximum atomic E-state index is 13.3. The molecule has 2 aromatic carbocycles. The van der Waals surface area contributed by atoms with Gasteiger partial charge in [-0.1, -0.05) is 12.1 Å². The van der Waals surface area contributed by atoms with Crippen LogP contribution in [0.3, 0.4) is 0 Å². The molecule has 4 heterocycles. The summed E-state index contributed by atoms with van der Waals surface area (Å²) in [5.41, 5.74) is 3.85. The summed E-state index contributed by atoms with van der Waals surface area (Å²) in [5.74, 6) is 0.174. The molecule has 1 aromatic heterocycles. The van der Waals surface area contributed by atoms with E-state index in [9.17, 15) is 14.4 Å². The van der Waals surface area contributed by atoms with Crippen molar-refractivity contribution in [3.63, 3.8) is 0 Å². The van der Waals surface area contributed by atoms with Crippen LogP contribution in [0.1, 0.15) is 54.0 Å². The standard InChI is InChI=1S/C32H38N4O6/c1-32(2,3)42-30(38)22-7-5-21(6-8-22)20-36-25-10-9-23(41-18-15-34-13-16-40-17-14-34)19-24(25)27-26(36)11-12-35-28(27)29(37)33(4)31(35)39/h5-10,19,28H,11-18,20H2,1-4H3. The van der Waals surface area contributed by atoms with E-state index in [1.54, 1.807) is 24.1 Å². The van der Waals surface area contributed by atoms with Gasteiger partial charge in [-0.25, -0.2) is 9.59 Å². The van der Waals surface area contributed by atoms with E-state index in [1.165, 1.54) is 4.90 Å². The molecule has 0 N–H and O–H groups in total. The minimum atomic E-state index is -0.645. The molecular formula is C32H38N4O6. The zero-order chi connectivity index (χ0) is 29.6. The molecule has 2 fully saturated rings. The first-order valence-corrected chi connectivity index (χ1v) is 14.6. The molecule has 6 rings (SSSR count). The van der Waals surface area contributed by atoms with Gasteiger partial charge in [-0.3, -0.25) is 14.6 Å². The Bertz CT molecular complexity index is 1520. The maximum absolute atomic E-state index is 13.3. The van der Waals surface area contributed by atoms with Crippen LogP contribution in [0.4, 0.5) is 4.79 Å². The number of benzene rings is 2. The summed E-state index contributed by atoms with van der Waals surface area (Å²) >= 11 is 0. The maximum Gasteiger partial charge on any atom is 0.338 e. The average molecular weight is 575 g/mol. The van der Waals surface area contributed by atoms with E-state index in [2.05, 4.69) is 9.47 Å². The molecule has 222 valence electrons. The van der Waals surface area contributed by atoms with Crippen LogP contribution in [-0.2, 0) is 27.2 Å². The first kappa shape index (κ1) is 28.2. The van der Waals surface area contributed by atoms with Gasteiger partial charge in [0.05, 0.1) is 18.8 Å². The lowest BCUT2D eigenvalue weighted by molar-refractivity contribution is -0.127. The lowest BCUT2D eigenvalue weighted by Gasteiger charge is -2.28. The largest absolute Gasteiger partial charge is 0.492 e. The van der Waals surface area contributed by atoms with Crippen molar-refractivity contribution in [2.45, 2.75) is 45.4 Å². The number of aromatic nitrogens is 1. The average Bonchev–Trinajstić information content (AvgIpc) is 3.39. The Hall–Kier alpha value is -3.89. The molecule has 3 amide bonds. The Morgan fingerprint density at radius 1 is 1.02 bits per heavy atom. The van der Waals surface area contributed by atoms with Gasteiger partial charge in [0.15, 0.2) is 0 Å². The minimum absolute atomic E-state index is 0.208. The fraction of sp³-hybridized carbons (Fsp3) is 0.469. The molecule has 0 saturated carbocycles. The molecule has 3 aliphatic heterocycles. The third-order valence-electron chi connectivity index (χ3n) is 8.17. The number of imide groups is 1. The molecule has 0 radical (unpaired) electrons. The molecular weight excluding hydrogens is 536 g/mol. The molecule has 0 aliphatic carbocycles. The summed E-state index contributed by atoms with van der Waals surface area (Å²) in [6, 6.07) is 12.6. The number of esters is 1. The number of carbonyl (C=O) groups excluding carboxylic acids is 3. The minimum Gasteiger partial charge on any atom is -0.492 e. The Morgan fingerprint density at radius 3 is 2.48 bits per heavy atom. The van der Waals surface area contributed by atoms with Gasteiger partial charge in [-0.05, 0) is 56.7 Å². The van der Waals surface area contributed by atoms with Crippen LogP contribution in [0.25, 0.3) is 10.9 Å². The molecule has 10 nitrogen and oxygen atoms in total. The highest BCUT2D eigenvalue weighted by atomic mass is 16.6. The van der Waals surface area contributed by atoms with Crippen LogP contribution in [0.5, 0.6) is 5.75 Å². The summed E-state index contributed by atoms with van der Waals surface area (Å²) in [6.07, 6.45) is 0.636. The number of fused-ring (bicyclic) bond motifs is 5. The highest BCUT2D eigenvalue weighted by Crippen LogP contribution is 2.43. The van der Waals surface area contributed by atoms with Gasteiger partial charge in [0.1, 0.15) is 24.0 Å². The highest BCUT2D eigenvalue weighted by Gasteiger charge is 2.48. The van der Waals surface area contributed by atoms with Crippen molar-refractivity contribution in [2.75, 3.05) is 53.0 Å². The van der Waals surface area contributed by atoms with Crippen molar-refractivity contribution >= 4 is 28.8 Å². The molecule has 3 aliphatic rings. The van der Waals surface area contributed by atoms with Gasteiger partial charge in [-0.15, -0.1) is 0 Å². The monoisotopic (exact) mass is 574 g/mol. The highest BCUT2D eigenvalue weighted by molar-refractivity contribution is 6.07. The number of likely N-dealkylation sites (N-methyl/N-ethyl adjacent to an activating group) is 1. The van der Waals surface area contributed by atoms with Crippen molar-refractivity contribution in [3.8, 4) is 5.75 Å². The summed E-state index contributed by atoms with van der Waals surface area (Å²) < 4.78 is 19.4. The Balaban J connectivity index is 1.32. The van der Waals surface area contributed by atoms with E-state index < -0.39 is 11.6 Å². The van der Waals surface area contributed by atoms with E-state index in [4.69, 9.17) is 14.2 Å². The summed E-state index contributed by atoms with van der Waals surface area (Å²) in [5, 5.41) is 0.922. The van der Waals surface area contributed by atoms with Crippen molar-refractivity contribution in [3.05, 3.63) is 64.8 Å². The third kappa shape index (κ3) is 5.36. The Kier molecular flexibility index (Phi) is 7.44. The summed E-state index contributed by atoms with van der Waals surface area (Å²) in [6.45, 7) is 11.2. The normalized spacial score (nSPS) is 19.3. The predicted molar refractivity (Wildman–Crippen MR) is 157 cm³/mol. The second-order valence-corrected chi connectivity index (χ2v) is 12.2. The van der Waals surface area contributed by atoms with Crippen LogP contribution >= 0.6 is 0 Å². The number of morpholine rings is 1. The van der Waals surface area contributed by atoms with Gasteiger partial charge in [0.25, 0.3) is 5.91 Å². The van der Waals surface area contributed by atoms with Crippen LogP contribution in [0.2, 0.25) is 0 Å². The van der Waals surface area contributed by atoms with Crippen LogP contribution in [-0.4, -0.2) is 95.8 Å². The van der Waals surface area contributed by atoms with E-state index in [0.29, 0.717) is 31.7 Å². The van der Waals surface area contributed by atoms with Crippen molar-refractivity contribution in [1.29, 1.82) is 0 Å². The SMILES string of the molecule is CN1C(=O)C2c3c(n(Cc4ccc(C(=O)OC(C)(C)C)cc4)c4ccc(OCCN5CCOCC5)cc34)CCN2C1=O. The molecule has 10 heteroatoms. The van der Waals surface area contributed by atoms with Crippen LogP contribution in [0, 0.1) is 0 Å². The second-order valence-electron chi connectivity index (χ2n) is 12.2. The van der Waals surface area contributed by atoms with Crippen LogP contribution in [0.15, 0.2) is 42.5 Å². The van der Waals surface area contributed by atoms with E-state index in [0.717, 1.165) is 66.3 Å². The lowest BCUT2D eigenvalue weighted by Crippen LogP contribution is -2.38. The zero-order valence-corrected chi connectivity index (χ0v) is 24.7. The number of amides is 3. The topological polar surface area (TPSA) is 93.6 Å². The third-order valence-corrected chi connectivity index (χ3v) is 8.17. The van der Waals surface area contributed by atoms with E-state index in [-0.39, 0.29) is 17.9 Å². The van der Waals surface area contributed by atoms with Gasteiger partial charge < -0.3 is 23.7 Å². The molecule has 1 atom stereocenters. The Labute approximate surface area is 245 Å². The van der Waals surface area contributed by atoms with Crippen LogP contribution < -0.4 is 4.74 Å². The number of nitrogens with zero attached hydrogens (tertiary/aromatic N) is 4. The molecule has 2 saturated heterocycles. The quantitative estimate of drug-likeness (QED) is 0.313. The van der Waals surface area contributed by atoms with Crippen molar-refractivity contribution < 1.29 is 28.6 Å². The number of carbonyl (C=O) groups is 3. The number of ether oxygens (including phenoxy) is 3. The first-order chi connectivity index (χ1) is 20.1. The van der Waals surface area contributed by atoms with Gasteiger partial charge >= 0.3 is 12.0 Å². The zero-order valence-electron chi connectivity index (χ0n) is 24.7. The molecule has 1 unspecified atom stereocenters.